The minimum Gasteiger partial charge on any atom is -0.493 e. The van der Waals surface area contributed by atoms with Crippen LogP contribution in [-0.4, -0.2) is 18.2 Å². The third kappa shape index (κ3) is 3.52. The number of benzene rings is 1. The second-order valence-electron chi connectivity index (χ2n) is 7.87. The Morgan fingerprint density at radius 1 is 1.19 bits per heavy atom. The minimum atomic E-state index is -0.906. The van der Waals surface area contributed by atoms with Gasteiger partial charge in [-0.15, -0.1) is 0 Å². The average Bonchev–Trinajstić information content (AvgIpc) is 2.89. The molecule has 1 aromatic rings. The van der Waals surface area contributed by atoms with Crippen LogP contribution in [0.1, 0.15) is 32.8 Å². The lowest BCUT2D eigenvalue weighted by atomic mass is 9.66. The first-order valence-electron chi connectivity index (χ1n) is 8.96. The maximum atomic E-state index is 13.6. The summed E-state index contributed by atoms with van der Waals surface area (Å²) in [6, 6.07) is 9.85. The molecule has 0 spiro atoms. The highest BCUT2D eigenvalue weighted by atomic mass is 16.6. The highest BCUT2D eigenvalue weighted by molar-refractivity contribution is 5.86. The van der Waals surface area contributed by atoms with Crippen molar-refractivity contribution in [2.75, 3.05) is 6.61 Å². The van der Waals surface area contributed by atoms with E-state index in [0.717, 1.165) is 16.9 Å². The van der Waals surface area contributed by atoms with E-state index in [2.05, 4.69) is 6.58 Å². The van der Waals surface area contributed by atoms with Gasteiger partial charge in [0.15, 0.2) is 0 Å². The van der Waals surface area contributed by atoms with Gasteiger partial charge < -0.3 is 9.47 Å². The smallest absolute Gasteiger partial charge is 0.318 e. The molecule has 1 aromatic carbocycles. The van der Waals surface area contributed by atoms with Gasteiger partial charge in [-0.05, 0) is 44.4 Å². The molecule has 0 bridgehead atoms. The van der Waals surface area contributed by atoms with Crippen LogP contribution in [-0.2, 0) is 19.7 Å². The molecule has 1 heterocycles. The molecule has 26 heavy (non-hydrogen) atoms. The summed E-state index contributed by atoms with van der Waals surface area (Å²) in [4.78, 5) is 13.6. The number of hydrogen-bond acceptors (Lipinski definition) is 3. The number of carbonyl (C=O) groups excluding carboxylic acids is 1. The zero-order valence-corrected chi connectivity index (χ0v) is 15.7. The predicted octanol–water partition coefficient (Wildman–Crippen LogP) is 4.87. The van der Waals surface area contributed by atoms with Crippen molar-refractivity contribution < 1.29 is 14.3 Å². The molecular formula is C23H26O3. The summed E-state index contributed by atoms with van der Waals surface area (Å²) < 4.78 is 11.9. The fraction of sp³-hybridized carbons (Fsp3) is 0.348. The molecular weight excluding hydrogens is 324 g/mol. The van der Waals surface area contributed by atoms with E-state index in [1.165, 1.54) is 0 Å². The van der Waals surface area contributed by atoms with Crippen molar-refractivity contribution in [3.05, 3.63) is 84.2 Å². The molecule has 3 heteroatoms. The van der Waals surface area contributed by atoms with Crippen molar-refractivity contribution in [2.24, 2.45) is 5.92 Å². The number of hydrogen-bond donors (Lipinski definition) is 0. The number of esters is 1. The van der Waals surface area contributed by atoms with E-state index in [1.807, 2.05) is 81.5 Å². The standard InChI is InChI=1S/C23H26O3/c1-17-15-23(18-11-7-5-8-12-18,21(24)26-22(2,3)4)19-13-9-6-10-14-20(19)25-16-17/h5-14,19H,1,15-16H2,2-4H3/t19-,23+/m1/s1. The van der Waals surface area contributed by atoms with Crippen molar-refractivity contribution in [3.63, 3.8) is 0 Å². The van der Waals surface area contributed by atoms with Crippen molar-refractivity contribution in [1.82, 2.24) is 0 Å². The quantitative estimate of drug-likeness (QED) is 0.564. The zero-order chi connectivity index (χ0) is 18.8. The van der Waals surface area contributed by atoms with Crippen LogP contribution in [0.3, 0.4) is 0 Å². The average molecular weight is 350 g/mol. The molecule has 1 aliphatic carbocycles. The highest BCUT2D eigenvalue weighted by Gasteiger charge is 2.52. The Balaban J connectivity index is 2.22. The van der Waals surface area contributed by atoms with Gasteiger partial charge in [0.1, 0.15) is 23.4 Å². The number of rotatable bonds is 2. The normalized spacial score (nSPS) is 25.4. The van der Waals surface area contributed by atoms with Gasteiger partial charge in [0.05, 0.1) is 5.92 Å². The molecule has 1 saturated heterocycles. The van der Waals surface area contributed by atoms with E-state index in [-0.39, 0.29) is 11.9 Å². The Bertz CT molecular complexity index is 777. The molecule has 136 valence electrons. The van der Waals surface area contributed by atoms with E-state index in [4.69, 9.17) is 9.47 Å². The molecule has 0 unspecified atom stereocenters. The van der Waals surface area contributed by atoms with Gasteiger partial charge >= 0.3 is 5.97 Å². The first-order valence-corrected chi connectivity index (χ1v) is 8.96. The van der Waals surface area contributed by atoms with E-state index in [1.54, 1.807) is 0 Å². The lowest BCUT2D eigenvalue weighted by Crippen LogP contribution is -2.46. The maximum Gasteiger partial charge on any atom is 0.318 e. The Hall–Kier alpha value is -2.55. The Kier molecular flexibility index (Phi) is 4.90. The van der Waals surface area contributed by atoms with Gasteiger partial charge in [-0.25, -0.2) is 0 Å². The first kappa shape index (κ1) is 18.2. The molecule has 0 radical (unpaired) electrons. The summed E-state index contributed by atoms with van der Waals surface area (Å²) in [7, 11) is 0. The molecule has 3 nitrogen and oxygen atoms in total. The van der Waals surface area contributed by atoms with Gasteiger partial charge in [-0.1, -0.05) is 61.2 Å². The fourth-order valence-electron chi connectivity index (χ4n) is 3.58. The summed E-state index contributed by atoms with van der Waals surface area (Å²) >= 11 is 0. The molecule has 1 fully saturated rings. The monoisotopic (exact) mass is 350 g/mol. The SMILES string of the molecule is C=C1COC2=CC=CC=C[C@H]2[C@@](C(=O)OC(C)(C)C)(c2ccccc2)C1. The third-order valence-electron chi connectivity index (χ3n) is 4.65. The summed E-state index contributed by atoms with van der Waals surface area (Å²) in [5.41, 5.74) is 0.315. The Morgan fingerprint density at radius 2 is 1.92 bits per heavy atom. The second kappa shape index (κ2) is 6.99. The number of ether oxygens (including phenoxy) is 2. The minimum absolute atomic E-state index is 0.245. The van der Waals surface area contributed by atoms with Crippen LogP contribution in [0.25, 0.3) is 0 Å². The van der Waals surface area contributed by atoms with Crippen LogP contribution in [0.4, 0.5) is 0 Å². The van der Waals surface area contributed by atoms with Gasteiger partial charge in [0.2, 0.25) is 0 Å². The van der Waals surface area contributed by atoms with E-state index in [9.17, 15) is 4.79 Å². The van der Waals surface area contributed by atoms with Gasteiger partial charge in [-0.2, -0.15) is 0 Å². The summed E-state index contributed by atoms with van der Waals surface area (Å²) in [5, 5.41) is 0. The molecule has 0 aromatic heterocycles. The molecule has 0 amide bonds. The van der Waals surface area contributed by atoms with E-state index in [0.29, 0.717) is 13.0 Å². The molecule has 0 N–H and O–H groups in total. The van der Waals surface area contributed by atoms with Crippen molar-refractivity contribution >= 4 is 5.97 Å². The van der Waals surface area contributed by atoms with Gasteiger partial charge in [0, 0.05) is 0 Å². The summed E-state index contributed by atoms with van der Waals surface area (Å²) in [6.07, 6.45) is 10.3. The predicted molar refractivity (Wildman–Crippen MR) is 104 cm³/mol. The summed E-state index contributed by atoms with van der Waals surface area (Å²) in [5.74, 6) is 0.266. The van der Waals surface area contributed by atoms with Crippen molar-refractivity contribution in [1.29, 1.82) is 0 Å². The lowest BCUT2D eigenvalue weighted by Gasteiger charge is -2.38. The number of allylic oxidation sites excluding steroid dienone is 5. The number of fused-ring (bicyclic) bond motifs is 1. The molecule has 2 atom stereocenters. The summed E-state index contributed by atoms with van der Waals surface area (Å²) in [6.45, 7) is 10.2. The third-order valence-corrected chi connectivity index (χ3v) is 4.65. The molecule has 0 saturated carbocycles. The highest BCUT2D eigenvalue weighted by Crippen LogP contribution is 2.47. The second-order valence-corrected chi connectivity index (χ2v) is 7.87. The van der Waals surface area contributed by atoms with Crippen molar-refractivity contribution in [2.45, 2.75) is 38.2 Å². The van der Waals surface area contributed by atoms with E-state index < -0.39 is 11.0 Å². The van der Waals surface area contributed by atoms with Crippen molar-refractivity contribution in [3.8, 4) is 0 Å². The topological polar surface area (TPSA) is 35.5 Å². The lowest BCUT2D eigenvalue weighted by molar-refractivity contribution is -0.163. The zero-order valence-electron chi connectivity index (χ0n) is 15.7. The van der Waals surface area contributed by atoms with Crippen LogP contribution >= 0.6 is 0 Å². The van der Waals surface area contributed by atoms with Crippen LogP contribution in [0.5, 0.6) is 0 Å². The first-order chi connectivity index (χ1) is 12.3. The molecule has 3 rings (SSSR count). The van der Waals surface area contributed by atoms with Crippen LogP contribution in [0.2, 0.25) is 0 Å². The largest absolute Gasteiger partial charge is 0.493 e. The van der Waals surface area contributed by atoms with Gasteiger partial charge in [-0.3, -0.25) is 4.79 Å². The maximum absolute atomic E-state index is 13.6. The molecule has 2 aliphatic rings. The Morgan fingerprint density at radius 3 is 2.62 bits per heavy atom. The number of carbonyl (C=O) groups is 1. The molecule has 1 aliphatic heterocycles. The van der Waals surface area contributed by atoms with Gasteiger partial charge in [0.25, 0.3) is 0 Å². The fourth-order valence-corrected chi connectivity index (χ4v) is 3.58. The van der Waals surface area contributed by atoms with Crippen LogP contribution in [0.15, 0.2) is 78.6 Å². The van der Waals surface area contributed by atoms with Crippen LogP contribution < -0.4 is 0 Å². The van der Waals surface area contributed by atoms with Crippen LogP contribution in [0, 0.1) is 5.92 Å². The van der Waals surface area contributed by atoms with E-state index >= 15 is 0 Å². The Labute approximate surface area is 155 Å².